The fraction of sp³-hybridized carbons (Fsp3) is 0.167. The molecule has 3 aromatic rings. The van der Waals surface area contributed by atoms with Crippen LogP contribution in [0.2, 0.25) is 0 Å². The molecule has 0 aliphatic heterocycles. The lowest BCUT2D eigenvalue weighted by Crippen LogP contribution is -2.08. The van der Waals surface area contributed by atoms with E-state index in [2.05, 4.69) is 27.0 Å². The lowest BCUT2D eigenvalue weighted by atomic mass is 10.1. The molecule has 2 aromatic heterocycles. The highest BCUT2D eigenvalue weighted by molar-refractivity contribution is 5.56. The molecule has 0 bridgehead atoms. The molecule has 0 spiro atoms. The third-order valence-electron chi connectivity index (χ3n) is 3.39. The molecule has 1 unspecified atom stereocenters. The van der Waals surface area contributed by atoms with E-state index >= 15 is 0 Å². The maximum atomic E-state index is 5.61. The zero-order valence-corrected chi connectivity index (χ0v) is 12.7. The number of pyridine rings is 1. The van der Waals surface area contributed by atoms with E-state index in [-0.39, 0.29) is 5.92 Å². The monoisotopic (exact) mass is 304 g/mol. The number of benzene rings is 1. The topological polar surface area (TPSA) is 77.8 Å². The Morgan fingerprint density at radius 1 is 1.04 bits per heavy atom. The van der Waals surface area contributed by atoms with Crippen LogP contribution >= 0.6 is 0 Å². The van der Waals surface area contributed by atoms with Gasteiger partial charge in [0.15, 0.2) is 0 Å². The number of hydrogen-bond donors (Lipinski definition) is 1. The molecule has 5 heteroatoms. The lowest BCUT2D eigenvalue weighted by Gasteiger charge is -1.98. The third kappa shape index (κ3) is 3.62. The largest absolute Gasteiger partial charge is 0.339 e. The first kappa shape index (κ1) is 14.9. The Balaban J connectivity index is 1.77. The molecule has 23 heavy (non-hydrogen) atoms. The van der Waals surface area contributed by atoms with Crippen LogP contribution in [0.4, 0.5) is 0 Å². The molecular weight excluding hydrogens is 288 g/mol. The van der Waals surface area contributed by atoms with Crippen LogP contribution in [0.25, 0.3) is 11.4 Å². The molecule has 0 saturated heterocycles. The second-order valence-corrected chi connectivity index (χ2v) is 5.16. The van der Waals surface area contributed by atoms with Gasteiger partial charge in [-0.05, 0) is 36.4 Å². The fourth-order valence-electron chi connectivity index (χ4n) is 1.94. The number of nitrogens with zero attached hydrogens (tertiary/aromatic N) is 3. The van der Waals surface area contributed by atoms with Gasteiger partial charge in [0, 0.05) is 41.5 Å². The number of hydrogen-bond acceptors (Lipinski definition) is 5. The van der Waals surface area contributed by atoms with Crippen molar-refractivity contribution in [2.45, 2.75) is 12.8 Å². The predicted molar refractivity (Wildman–Crippen MR) is 87.4 cm³/mol. The second-order valence-electron chi connectivity index (χ2n) is 5.16. The SMILES string of the molecule is CC(CN)c1nc(-c2ccc(C#Cc3ccncc3)cc2)no1. The first-order valence-electron chi connectivity index (χ1n) is 7.32. The van der Waals surface area contributed by atoms with Crippen LogP contribution in [0.1, 0.15) is 29.9 Å². The van der Waals surface area contributed by atoms with Crippen molar-refractivity contribution < 1.29 is 4.52 Å². The van der Waals surface area contributed by atoms with Gasteiger partial charge in [-0.15, -0.1) is 0 Å². The molecule has 0 radical (unpaired) electrons. The minimum atomic E-state index is 0.0572. The smallest absolute Gasteiger partial charge is 0.231 e. The van der Waals surface area contributed by atoms with Crippen LogP contribution in [0.15, 0.2) is 53.3 Å². The standard InChI is InChI=1S/C18H16N4O/c1-13(12-19)18-21-17(22-23-18)16-6-4-14(5-7-16)2-3-15-8-10-20-11-9-15/h4-11,13H,12,19H2,1H3. The molecular formula is C18H16N4O. The molecule has 0 fully saturated rings. The maximum Gasteiger partial charge on any atom is 0.231 e. The number of rotatable bonds is 3. The van der Waals surface area contributed by atoms with Crippen molar-refractivity contribution in [3.63, 3.8) is 0 Å². The predicted octanol–water partition coefficient (Wildman–Crippen LogP) is 2.59. The van der Waals surface area contributed by atoms with Gasteiger partial charge in [0.2, 0.25) is 11.7 Å². The average Bonchev–Trinajstić information content (AvgIpc) is 3.11. The number of nitrogens with two attached hydrogens (primary N) is 1. The zero-order chi connectivity index (χ0) is 16.1. The molecule has 0 aliphatic carbocycles. The first-order valence-corrected chi connectivity index (χ1v) is 7.32. The molecule has 2 heterocycles. The van der Waals surface area contributed by atoms with Crippen LogP contribution < -0.4 is 5.73 Å². The van der Waals surface area contributed by atoms with Crippen LogP contribution in [0.3, 0.4) is 0 Å². The summed E-state index contributed by atoms with van der Waals surface area (Å²) in [5.74, 6) is 7.39. The van der Waals surface area contributed by atoms with E-state index in [4.69, 9.17) is 10.3 Å². The van der Waals surface area contributed by atoms with Crippen molar-refractivity contribution >= 4 is 0 Å². The maximum absolute atomic E-state index is 5.61. The summed E-state index contributed by atoms with van der Waals surface area (Å²) in [5.41, 5.74) is 8.35. The van der Waals surface area contributed by atoms with Crippen LogP contribution in [0.5, 0.6) is 0 Å². The summed E-state index contributed by atoms with van der Waals surface area (Å²) in [6, 6.07) is 11.5. The minimum absolute atomic E-state index is 0.0572. The first-order chi connectivity index (χ1) is 11.3. The van der Waals surface area contributed by atoms with Gasteiger partial charge in [0.25, 0.3) is 0 Å². The second kappa shape index (κ2) is 6.86. The van der Waals surface area contributed by atoms with Crippen LogP contribution in [-0.2, 0) is 0 Å². The van der Waals surface area contributed by atoms with Gasteiger partial charge in [-0.25, -0.2) is 0 Å². The van der Waals surface area contributed by atoms with E-state index in [1.165, 1.54) is 0 Å². The summed E-state index contributed by atoms with van der Waals surface area (Å²) in [7, 11) is 0. The van der Waals surface area contributed by atoms with Gasteiger partial charge in [-0.1, -0.05) is 23.9 Å². The normalized spacial score (nSPS) is 11.6. The van der Waals surface area contributed by atoms with Crippen molar-refractivity contribution in [3.05, 3.63) is 65.8 Å². The highest BCUT2D eigenvalue weighted by atomic mass is 16.5. The van der Waals surface area contributed by atoms with E-state index in [0.29, 0.717) is 18.3 Å². The summed E-state index contributed by atoms with van der Waals surface area (Å²) in [4.78, 5) is 8.34. The van der Waals surface area contributed by atoms with E-state index in [9.17, 15) is 0 Å². The van der Waals surface area contributed by atoms with Gasteiger partial charge in [-0.3, -0.25) is 4.98 Å². The summed E-state index contributed by atoms with van der Waals surface area (Å²) >= 11 is 0. The highest BCUT2D eigenvalue weighted by Crippen LogP contribution is 2.19. The Hall–Kier alpha value is -2.97. The van der Waals surface area contributed by atoms with Gasteiger partial charge in [0.1, 0.15) is 0 Å². The van der Waals surface area contributed by atoms with Crippen molar-refractivity contribution in [2.75, 3.05) is 6.54 Å². The molecule has 0 aliphatic rings. The highest BCUT2D eigenvalue weighted by Gasteiger charge is 2.13. The molecule has 2 N–H and O–H groups in total. The van der Waals surface area contributed by atoms with E-state index in [1.54, 1.807) is 12.4 Å². The van der Waals surface area contributed by atoms with Crippen molar-refractivity contribution in [2.24, 2.45) is 5.73 Å². The molecule has 114 valence electrons. The van der Waals surface area contributed by atoms with Gasteiger partial charge in [-0.2, -0.15) is 4.98 Å². The van der Waals surface area contributed by atoms with Crippen LogP contribution in [0, 0.1) is 11.8 Å². The summed E-state index contributed by atoms with van der Waals surface area (Å²) in [6.07, 6.45) is 3.45. The molecule has 0 amide bonds. The van der Waals surface area contributed by atoms with E-state index < -0.39 is 0 Å². The Bertz CT molecular complexity index is 829. The van der Waals surface area contributed by atoms with E-state index in [0.717, 1.165) is 16.7 Å². The van der Waals surface area contributed by atoms with Gasteiger partial charge >= 0.3 is 0 Å². The van der Waals surface area contributed by atoms with Crippen LogP contribution in [-0.4, -0.2) is 21.7 Å². The Morgan fingerprint density at radius 3 is 2.35 bits per heavy atom. The summed E-state index contributed by atoms with van der Waals surface area (Å²) in [6.45, 7) is 2.43. The lowest BCUT2D eigenvalue weighted by molar-refractivity contribution is 0.361. The molecule has 5 nitrogen and oxygen atoms in total. The average molecular weight is 304 g/mol. The van der Waals surface area contributed by atoms with Crippen molar-refractivity contribution in [1.82, 2.24) is 15.1 Å². The molecule has 1 aromatic carbocycles. The quantitative estimate of drug-likeness (QED) is 0.752. The van der Waals surface area contributed by atoms with Crippen molar-refractivity contribution in [3.8, 4) is 23.2 Å². The summed E-state index contributed by atoms with van der Waals surface area (Å²) in [5, 5.41) is 3.99. The Morgan fingerprint density at radius 2 is 1.70 bits per heavy atom. The molecule has 0 saturated carbocycles. The number of aromatic nitrogens is 3. The Kier molecular flexibility index (Phi) is 4.46. The van der Waals surface area contributed by atoms with E-state index in [1.807, 2.05) is 43.3 Å². The van der Waals surface area contributed by atoms with Crippen molar-refractivity contribution in [1.29, 1.82) is 0 Å². The summed E-state index contributed by atoms with van der Waals surface area (Å²) < 4.78 is 5.23. The van der Waals surface area contributed by atoms with Gasteiger partial charge < -0.3 is 10.3 Å². The molecule has 1 atom stereocenters. The van der Waals surface area contributed by atoms with Gasteiger partial charge in [0.05, 0.1) is 0 Å². The Labute approximate surface area is 134 Å². The fourth-order valence-corrected chi connectivity index (χ4v) is 1.94. The third-order valence-corrected chi connectivity index (χ3v) is 3.39. The minimum Gasteiger partial charge on any atom is -0.339 e. The zero-order valence-electron chi connectivity index (χ0n) is 12.7. The molecule has 3 rings (SSSR count).